The summed E-state index contributed by atoms with van der Waals surface area (Å²) in [6.07, 6.45) is 4.57. The number of thiazole rings is 1. The summed E-state index contributed by atoms with van der Waals surface area (Å²) in [5.41, 5.74) is 2.03. The maximum Gasteiger partial charge on any atom is 0.227 e. The van der Waals surface area contributed by atoms with Crippen molar-refractivity contribution >= 4 is 32.6 Å². The number of anilines is 1. The molecule has 1 aliphatic heterocycles. The molecule has 3 aromatic rings. The Labute approximate surface area is 150 Å². The third-order valence-electron chi connectivity index (χ3n) is 4.56. The highest BCUT2D eigenvalue weighted by molar-refractivity contribution is 7.22. The van der Waals surface area contributed by atoms with Crippen molar-refractivity contribution in [3.05, 3.63) is 54.4 Å². The monoisotopic (exact) mass is 352 g/mol. The molecule has 128 valence electrons. The van der Waals surface area contributed by atoms with Gasteiger partial charge in [0.15, 0.2) is 5.13 Å². The second kappa shape index (κ2) is 7.29. The molecular formula is C19H20N4OS. The van der Waals surface area contributed by atoms with Crippen LogP contribution < -0.4 is 5.32 Å². The lowest BCUT2D eigenvalue weighted by Crippen LogP contribution is -2.28. The van der Waals surface area contributed by atoms with Crippen LogP contribution in [0.5, 0.6) is 0 Å². The molecule has 1 saturated heterocycles. The summed E-state index contributed by atoms with van der Waals surface area (Å²) < 4.78 is 1.09. The maximum atomic E-state index is 12.3. The van der Waals surface area contributed by atoms with E-state index in [1.165, 1.54) is 11.3 Å². The smallest absolute Gasteiger partial charge is 0.227 e. The van der Waals surface area contributed by atoms with Crippen molar-refractivity contribution in [2.45, 2.75) is 25.3 Å². The van der Waals surface area contributed by atoms with Gasteiger partial charge in [0, 0.05) is 19.2 Å². The number of nitrogens with one attached hydrogen (secondary N) is 1. The largest absolute Gasteiger partial charge is 0.302 e. The van der Waals surface area contributed by atoms with Crippen molar-refractivity contribution in [3.63, 3.8) is 0 Å². The molecule has 2 aromatic heterocycles. The van der Waals surface area contributed by atoms with E-state index in [1.807, 2.05) is 42.6 Å². The van der Waals surface area contributed by atoms with Crippen LogP contribution in [0.25, 0.3) is 10.2 Å². The molecular weight excluding hydrogens is 332 g/mol. The molecule has 3 heterocycles. The lowest BCUT2D eigenvalue weighted by Gasteiger charge is -2.23. The van der Waals surface area contributed by atoms with Gasteiger partial charge in [0.25, 0.3) is 0 Å². The van der Waals surface area contributed by atoms with E-state index < -0.39 is 0 Å². The van der Waals surface area contributed by atoms with Gasteiger partial charge >= 0.3 is 0 Å². The lowest BCUT2D eigenvalue weighted by atomic mass is 10.1. The molecule has 0 saturated carbocycles. The molecule has 1 amide bonds. The van der Waals surface area contributed by atoms with E-state index in [2.05, 4.69) is 26.3 Å². The van der Waals surface area contributed by atoms with Crippen LogP contribution in [0.1, 0.15) is 31.0 Å². The molecule has 1 aliphatic rings. The van der Waals surface area contributed by atoms with Crippen molar-refractivity contribution < 1.29 is 4.79 Å². The summed E-state index contributed by atoms with van der Waals surface area (Å²) >= 11 is 1.51. The van der Waals surface area contributed by atoms with Crippen molar-refractivity contribution in [1.29, 1.82) is 0 Å². The third kappa shape index (κ3) is 3.70. The van der Waals surface area contributed by atoms with Crippen LogP contribution in [0.2, 0.25) is 0 Å². The van der Waals surface area contributed by atoms with Crippen LogP contribution in [0.3, 0.4) is 0 Å². The van der Waals surface area contributed by atoms with Crippen molar-refractivity contribution in [3.8, 4) is 0 Å². The van der Waals surface area contributed by atoms with Crippen LogP contribution in [-0.2, 0) is 4.79 Å². The molecule has 5 nitrogen and oxygen atoms in total. The number of para-hydroxylation sites is 1. The number of benzene rings is 1. The van der Waals surface area contributed by atoms with E-state index in [-0.39, 0.29) is 5.91 Å². The minimum atomic E-state index is 0.0192. The standard InChI is InChI=1S/C19H20N4OS/c24-18(22-19-21-15-7-1-2-9-17(15)25-19)10-13-23-12-5-8-16(23)14-6-3-4-11-20-14/h1-4,6-7,9,11,16H,5,8,10,12-13H2,(H,21,22,24)/t16-/m1/s1. The number of aromatic nitrogens is 2. The fourth-order valence-electron chi connectivity index (χ4n) is 3.35. The van der Waals surface area contributed by atoms with Gasteiger partial charge in [-0.05, 0) is 43.7 Å². The highest BCUT2D eigenvalue weighted by Gasteiger charge is 2.27. The fourth-order valence-corrected chi connectivity index (χ4v) is 4.24. The number of pyridine rings is 1. The van der Waals surface area contributed by atoms with E-state index in [0.717, 1.165) is 41.8 Å². The minimum absolute atomic E-state index is 0.0192. The summed E-state index contributed by atoms with van der Waals surface area (Å²) in [7, 11) is 0. The predicted octanol–water partition coefficient (Wildman–Crippen LogP) is 3.86. The Morgan fingerprint density at radius 2 is 2.12 bits per heavy atom. The Kier molecular flexibility index (Phi) is 4.72. The number of carbonyl (C=O) groups is 1. The number of nitrogens with zero attached hydrogens (tertiary/aromatic N) is 3. The highest BCUT2D eigenvalue weighted by Crippen LogP contribution is 2.30. The second-order valence-corrected chi connectivity index (χ2v) is 7.26. The van der Waals surface area contributed by atoms with E-state index in [4.69, 9.17) is 0 Å². The zero-order chi connectivity index (χ0) is 17.1. The number of hydrogen-bond donors (Lipinski definition) is 1. The van der Waals surface area contributed by atoms with Gasteiger partial charge in [0.2, 0.25) is 5.91 Å². The third-order valence-corrected chi connectivity index (χ3v) is 5.51. The number of carbonyl (C=O) groups excluding carboxylic acids is 1. The van der Waals surface area contributed by atoms with Crippen LogP contribution in [0.15, 0.2) is 48.7 Å². The first kappa shape index (κ1) is 16.2. The summed E-state index contributed by atoms with van der Waals surface area (Å²) in [5, 5.41) is 3.61. The SMILES string of the molecule is O=C(CCN1CCC[C@@H]1c1ccccn1)Nc1nc2ccccc2s1. The Bertz CT molecular complexity index is 831. The van der Waals surface area contributed by atoms with Crippen LogP contribution in [-0.4, -0.2) is 33.9 Å². The van der Waals surface area contributed by atoms with Gasteiger partial charge in [-0.15, -0.1) is 0 Å². The maximum absolute atomic E-state index is 12.3. The first-order valence-corrected chi connectivity index (χ1v) is 9.42. The number of amides is 1. The van der Waals surface area contributed by atoms with Gasteiger partial charge in [-0.1, -0.05) is 29.5 Å². The van der Waals surface area contributed by atoms with E-state index in [1.54, 1.807) is 0 Å². The normalized spacial score (nSPS) is 17.8. The molecule has 1 fully saturated rings. The van der Waals surface area contributed by atoms with Crippen molar-refractivity contribution in [2.24, 2.45) is 0 Å². The Hall–Kier alpha value is -2.31. The number of hydrogen-bond acceptors (Lipinski definition) is 5. The Morgan fingerprint density at radius 3 is 2.96 bits per heavy atom. The molecule has 1 N–H and O–H groups in total. The fraction of sp³-hybridized carbons (Fsp3) is 0.316. The van der Waals surface area contributed by atoms with Gasteiger partial charge in [-0.2, -0.15) is 0 Å². The van der Waals surface area contributed by atoms with Gasteiger partial charge in [0.05, 0.1) is 22.0 Å². The summed E-state index contributed by atoms with van der Waals surface area (Å²) in [6, 6.07) is 14.3. The Morgan fingerprint density at radius 1 is 1.24 bits per heavy atom. The molecule has 6 heteroatoms. The van der Waals surface area contributed by atoms with Gasteiger partial charge in [0.1, 0.15) is 0 Å². The van der Waals surface area contributed by atoms with Gasteiger partial charge in [-0.3, -0.25) is 14.7 Å². The number of likely N-dealkylation sites (tertiary alicyclic amines) is 1. The van der Waals surface area contributed by atoms with Crippen LogP contribution in [0.4, 0.5) is 5.13 Å². The lowest BCUT2D eigenvalue weighted by molar-refractivity contribution is -0.116. The molecule has 0 aliphatic carbocycles. The number of rotatable bonds is 5. The molecule has 4 rings (SSSR count). The summed E-state index contributed by atoms with van der Waals surface area (Å²) in [4.78, 5) is 23.6. The van der Waals surface area contributed by atoms with E-state index >= 15 is 0 Å². The van der Waals surface area contributed by atoms with E-state index in [0.29, 0.717) is 17.6 Å². The average Bonchev–Trinajstić information content (AvgIpc) is 3.26. The zero-order valence-corrected chi connectivity index (χ0v) is 14.7. The molecule has 1 aromatic carbocycles. The molecule has 1 atom stereocenters. The molecule has 0 radical (unpaired) electrons. The average molecular weight is 352 g/mol. The second-order valence-electron chi connectivity index (χ2n) is 6.23. The number of fused-ring (bicyclic) bond motifs is 1. The van der Waals surface area contributed by atoms with E-state index in [9.17, 15) is 4.79 Å². The summed E-state index contributed by atoms with van der Waals surface area (Å²) in [6.45, 7) is 1.77. The first-order valence-electron chi connectivity index (χ1n) is 8.60. The topological polar surface area (TPSA) is 58.1 Å². The van der Waals surface area contributed by atoms with Crippen molar-refractivity contribution in [2.75, 3.05) is 18.4 Å². The zero-order valence-electron chi connectivity index (χ0n) is 13.9. The molecule has 0 unspecified atom stereocenters. The summed E-state index contributed by atoms with van der Waals surface area (Å²) in [5.74, 6) is 0.0192. The molecule has 25 heavy (non-hydrogen) atoms. The van der Waals surface area contributed by atoms with Gasteiger partial charge < -0.3 is 5.32 Å². The Balaban J connectivity index is 1.35. The quantitative estimate of drug-likeness (QED) is 0.757. The van der Waals surface area contributed by atoms with Crippen LogP contribution >= 0.6 is 11.3 Å². The van der Waals surface area contributed by atoms with Crippen LogP contribution in [0, 0.1) is 0 Å². The first-order chi connectivity index (χ1) is 12.3. The van der Waals surface area contributed by atoms with Gasteiger partial charge in [-0.25, -0.2) is 4.98 Å². The predicted molar refractivity (Wildman–Crippen MR) is 101 cm³/mol. The highest BCUT2D eigenvalue weighted by atomic mass is 32.1. The molecule has 0 spiro atoms. The molecule has 0 bridgehead atoms. The minimum Gasteiger partial charge on any atom is -0.302 e. The van der Waals surface area contributed by atoms with Crippen molar-refractivity contribution in [1.82, 2.24) is 14.9 Å².